The molecule has 3 aromatic rings. The summed E-state index contributed by atoms with van der Waals surface area (Å²) in [7, 11) is 0. The molecule has 0 unspecified atom stereocenters. The van der Waals surface area contributed by atoms with Crippen molar-refractivity contribution in [3.63, 3.8) is 0 Å². The van der Waals surface area contributed by atoms with Gasteiger partial charge in [-0.05, 0) is 42.5 Å². The van der Waals surface area contributed by atoms with Crippen LogP contribution < -0.4 is 5.32 Å². The lowest BCUT2D eigenvalue weighted by atomic mass is 9.88. The number of halogens is 1. The molecule has 1 aromatic heterocycles. The second kappa shape index (κ2) is 7.98. The maximum absolute atomic E-state index is 12.5. The lowest BCUT2D eigenvalue weighted by Crippen LogP contribution is -2.34. The molecule has 5 nitrogen and oxygen atoms in total. The minimum atomic E-state index is -0.598. The number of esters is 1. The SMILES string of the molecule is O=C(COC(=O)c1cc(Cl)nc2ccccc12)N[C@@H]1CCCc2ccccc21. The molecule has 0 aliphatic heterocycles. The van der Waals surface area contributed by atoms with Crippen molar-refractivity contribution in [2.75, 3.05) is 6.61 Å². The highest BCUT2D eigenvalue weighted by Gasteiger charge is 2.22. The zero-order valence-corrected chi connectivity index (χ0v) is 15.9. The van der Waals surface area contributed by atoms with Crippen molar-refractivity contribution < 1.29 is 14.3 Å². The molecule has 1 N–H and O–H groups in total. The zero-order valence-electron chi connectivity index (χ0n) is 15.2. The van der Waals surface area contributed by atoms with Gasteiger partial charge in [0.15, 0.2) is 6.61 Å². The Bertz CT molecular complexity index is 1050. The molecule has 4 rings (SSSR count). The monoisotopic (exact) mass is 394 g/mol. The third-order valence-electron chi connectivity index (χ3n) is 4.94. The maximum Gasteiger partial charge on any atom is 0.339 e. The summed E-state index contributed by atoms with van der Waals surface area (Å²) in [4.78, 5) is 29.1. The van der Waals surface area contributed by atoms with Crippen molar-refractivity contribution in [3.8, 4) is 0 Å². The van der Waals surface area contributed by atoms with Crippen molar-refractivity contribution in [1.82, 2.24) is 10.3 Å². The molecular weight excluding hydrogens is 376 g/mol. The smallest absolute Gasteiger partial charge is 0.339 e. The third-order valence-corrected chi connectivity index (χ3v) is 5.14. The van der Waals surface area contributed by atoms with E-state index in [9.17, 15) is 9.59 Å². The summed E-state index contributed by atoms with van der Waals surface area (Å²) in [5, 5.41) is 3.82. The Morgan fingerprint density at radius 1 is 1.14 bits per heavy atom. The number of carbonyl (C=O) groups is 2. The number of aryl methyl sites for hydroxylation is 1. The first-order valence-corrected chi connectivity index (χ1v) is 9.59. The molecule has 0 saturated heterocycles. The average Bonchev–Trinajstić information content (AvgIpc) is 2.71. The van der Waals surface area contributed by atoms with Gasteiger partial charge in [-0.2, -0.15) is 0 Å². The van der Waals surface area contributed by atoms with E-state index in [0.29, 0.717) is 16.5 Å². The van der Waals surface area contributed by atoms with E-state index in [1.807, 2.05) is 30.3 Å². The number of pyridine rings is 1. The van der Waals surface area contributed by atoms with Crippen LogP contribution in [0.4, 0.5) is 0 Å². The zero-order chi connectivity index (χ0) is 19.5. The number of hydrogen-bond acceptors (Lipinski definition) is 4. The van der Waals surface area contributed by atoms with Gasteiger partial charge in [0.25, 0.3) is 5.91 Å². The first-order valence-electron chi connectivity index (χ1n) is 9.21. The van der Waals surface area contributed by atoms with Gasteiger partial charge in [-0.25, -0.2) is 9.78 Å². The highest BCUT2D eigenvalue weighted by atomic mass is 35.5. The second-order valence-corrected chi connectivity index (χ2v) is 7.18. The Morgan fingerprint density at radius 3 is 2.82 bits per heavy atom. The second-order valence-electron chi connectivity index (χ2n) is 6.80. The van der Waals surface area contributed by atoms with E-state index < -0.39 is 5.97 Å². The van der Waals surface area contributed by atoms with E-state index in [1.54, 1.807) is 12.1 Å². The number of nitrogens with zero attached hydrogens (tertiary/aromatic N) is 1. The summed E-state index contributed by atoms with van der Waals surface area (Å²) in [5.74, 6) is -0.917. The summed E-state index contributed by atoms with van der Waals surface area (Å²) >= 11 is 6.01. The van der Waals surface area contributed by atoms with Crippen LogP contribution in [0.15, 0.2) is 54.6 Å². The molecule has 1 aliphatic rings. The molecule has 142 valence electrons. The molecule has 0 bridgehead atoms. The highest BCUT2D eigenvalue weighted by Crippen LogP contribution is 2.29. The van der Waals surface area contributed by atoms with Gasteiger partial charge in [-0.1, -0.05) is 54.1 Å². The minimum Gasteiger partial charge on any atom is -0.452 e. The number of amides is 1. The molecule has 2 aromatic carbocycles. The number of benzene rings is 2. The summed E-state index contributed by atoms with van der Waals surface area (Å²) in [5.41, 5.74) is 3.30. The van der Waals surface area contributed by atoms with Crippen LogP contribution in [0.3, 0.4) is 0 Å². The summed E-state index contributed by atoms with van der Waals surface area (Å²) < 4.78 is 5.25. The number of fused-ring (bicyclic) bond motifs is 2. The van der Waals surface area contributed by atoms with E-state index in [0.717, 1.165) is 24.8 Å². The van der Waals surface area contributed by atoms with Gasteiger partial charge in [0.1, 0.15) is 5.15 Å². The van der Waals surface area contributed by atoms with E-state index in [1.165, 1.54) is 11.6 Å². The van der Waals surface area contributed by atoms with Gasteiger partial charge in [0, 0.05) is 5.39 Å². The molecule has 0 radical (unpaired) electrons. The normalized spacial score (nSPS) is 15.7. The van der Waals surface area contributed by atoms with Gasteiger partial charge in [-0.3, -0.25) is 4.79 Å². The van der Waals surface area contributed by atoms with Crippen molar-refractivity contribution >= 4 is 34.4 Å². The van der Waals surface area contributed by atoms with Crippen molar-refractivity contribution in [1.29, 1.82) is 0 Å². The van der Waals surface area contributed by atoms with Crippen molar-refractivity contribution in [3.05, 3.63) is 76.4 Å². The van der Waals surface area contributed by atoms with Crippen LogP contribution in [0.2, 0.25) is 5.15 Å². The first kappa shape index (κ1) is 18.4. The van der Waals surface area contributed by atoms with E-state index >= 15 is 0 Å². The van der Waals surface area contributed by atoms with Crippen LogP contribution in [0.25, 0.3) is 10.9 Å². The molecule has 28 heavy (non-hydrogen) atoms. The predicted molar refractivity (Wildman–Crippen MR) is 107 cm³/mol. The molecule has 6 heteroatoms. The van der Waals surface area contributed by atoms with E-state index in [4.69, 9.17) is 16.3 Å². The number of para-hydroxylation sites is 1. The number of carbonyl (C=O) groups excluding carboxylic acids is 2. The van der Waals surface area contributed by atoms with Crippen LogP contribution in [0.1, 0.15) is 40.4 Å². The van der Waals surface area contributed by atoms with Crippen LogP contribution in [0.5, 0.6) is 0 Å². The summed E-state index contributed by atoms with van der Waals surface area (Å²) in [6.07, 6.45) is 2.91. The molecule has 1 heterocycles. The van der Waals surface area contributed by atoms with Gasteiger partial charge in [-0.15, -0.1) is 0 Å². The van der Waals surface area contributed by atoms with Gasteiger partial charge in [0.2, 0.25) is 0 Å². The molecule has 0 spiro atoms. The van der Waals surface area contributed by atoms with Gasteiger partial charge < -0.3 is 10.1 Å². The molecule has 0 fully saturated rings. The topological polar surface area (TPSA) is 68.3 Å². The Balaban J connectivity index is 1.43. The Labute approximate surface area is 167 Å². The fourth-order valence-corrected chi connectivity index (χ4v) is 3.86. The quantitative estimate of drug-likeness (QED) is 0.531. The number of rotatable bonds is 4. The molecule has 1 aliphatic carbocycles. The first-order chi connectivity index (χ1) is 13.6. The maximum atomic E-state index is 12.5. The minimum absolute atomic E-state index is 0.0487. The Morgan fingerprint density at radius 2 is 1.93 bits per heavy atom. The fraction of sp³-hybridized carbons (Fsp3) is 0.227. The molecule has 0 saturated carbocycles. The van der Waals surface area contributed by atoms with Crippen LogP contribution >= 0.6 is 11.6 Å². The lowest BCUT2D eigenvalue weighted by molar-refractivity contribution is -0.125. The molecule has 1 amide bonds. The summed E-state index contributed by atoms with van der Waals surface area (Å²) in [6, 6.07) is 16.7. The standard InChI is InChI=1S/C22H19ClN2O3/c23-20-12-17(16-9-3-4-10-19(16)24-20)22(27)28-13-21(26)25-18-11-5-7-14-6-1-2-8-15(14)18/h1-4,6,8-10,12,18H,5,7,11,13H2,(H,25,26)/t18-/m1/s1. The van der Waals surface area contributed by atoms with Crippen LogP contribution in [0, 0.1) is 0 Å². The van der Waals surface area contributed by atoms with E-state index in [2.05, 4.69) is 16.4 Å². The van der Waals surface area contributed by atoms with E-state index in [-0.39, 0.29) is 23.7 Å². The van der Waals surface area contributed by atoms with Gasteiger partial charge in [0.05, 0.1) is 17.1 Å². The predicted octanol–water partition coefficient (Wildman–Crippen LogP) is 4.24. The Kier molecular flexibility index (Phi) is 5.26. The van der Waals surface area contributed by atoms with Crippen LogP contribution in [-0.2, 0) is 16.0 Å². The number of hydrogen-bond donors (Lipinski definition) is 1. The summed E-state index contributed by atoms with van der Waals surface area (Å²) in [6.45, 7) is -0.341. The lowest BCUT2D eigenvalue weighted by Gasteiger charge is -2.26. The van der Waals surface area contributed by atoms with Gasteiger partial charge >= 0.3 is 5.97 Å². The molecular formula is C22H19ClN2O3. The number of nitrogens with one attached hydrogen (secondary N) is 1. The number of aromatic nitrogens is 1. The third kappa shape index (κ3) is 3.85. The van der Waals surface area contributed by atoms with Crippen molar-refractivity contribution in [2.45, 2.75) is 25.3 Å². The van der Waals surface area contributed by atoms with Crippen molar-refractivity contribution in [2.24, 2.45) is 0 Å². The average molecular weight is 395 g/mol. The van der Waals surface area contributed by atoms with Crippen LogP contribution in [-0.4, -0.2) is 23.5 Å². The largest absolute Gasteiger partial charge is 0.452 e. The molecule has 1 atom stereocenters. The Hall–Kier alpha value is -2.92. The fourth-order valence-electron chi connectivity index (χ4n) is 3.66. The highest BCUT2D eigenvalue weighted by molar-refractivity contribution is 6.30. The number of ether oxygens (including phenoxy) is 1.